The van der Waals surface area contributed by atoms with Crippen molar-refractivity contribution < 1.29 is 19.4 Å². The summed E-state index contributed by atoms with van der Waals surface area (Å²) in [5.74, 6) is -1.30. The molecule has 0 radical (unpaired) electrons. The summed E-state index contributed by atoms with van der Waals surface area (Å²) >= 11 is 0. The molecular weight excluding hydrogens is 428 g/mol. The Morgan fingerprint density at radius 3 is 2.38 bits per heavy atom. The molecule has 0 aliphatic heterocycles. The second-order valence-corrected chi connectivity index (χ2v) is 7.88. The maximum Gasteiger partial charge on any atom is 0.337 e. The number of nitrogens with one attached hydrogen (secondary N) is 1. The molecule has 0 aliphatic carbocycles. The third-order valence-electron chi connectivity index (χ3n) is 5.34. The lowest BCUT2D eigenvalue weighted by Crippen LogP contribution is -2.12. The Labute approximate surface area is 197 Å². The summed E-state index contributed by atoms with van der Waals surface area (Å²) in [6, 6.07) is 26.1. The summed E-state index contributed by atoms with van der Waals surface area (Å²) in [5, 5.41) is 12.3. The fraction of sp³-hybridized carbons (Fsp3) is 0.107. The predicted molar refractivity (Wildman–Crippen MR) is 131 cm³/mol. The van der Waals surface area contributed by atoms with Gasteiger partial charge in [0.1, 0.15) is 0 Å². The number of hydrogen-bond donors (Lipinski definition) is 2. The van der Waals surface area contributed by atoms with Crippen LogP contribution >= 0.6 is 0 Å². The average Bonchev–Trinajstić information content (AvgIpc) is 2.85. The van der Waals surface area contributed by atoms with Crippen molar-refractivity contribution in [2.45, 2.75) is 20.1 Å². The largest absolute Gasteiger partial charge is 0.478 e. The van der Waals surface area contributed by atoms with Gasteiger partial charge in [0.05, 0.1) is 24.5 Å². The topological polar surface area (TPSA) is 88.5 Å². The zero-order valence-electron chi connectivity index (χ0n) is 18.7. The Bertz CT molecular complexity index is 1320. The number of carbonyl (C=O) groups excluding carboxylic acids is 1. The number of pyridine rings is 1. The standard InChI is InChI=1S/C28H24N2O4/c1-19-26(28(32)33)15-24(16-29-19)22-10-6-11-23(14-22)27(31)30-25-12-5-9-21(13-25)18-34-17-20-7-3-2-4-8-20/h2-16H,17-18H2,1H3,(H,30,31)(H,32,33). The van der Waals surface area contributed by atoms with E-state index >= 15 is 0 Å². The number of benzene rings is 3. The second-order valence-electron chi connectivity index (χ2n) is 7.88. The van der Waals surface area contributed by atoms with Crippen LogP contribution in [-0.2, 0) is 18.0 Å². The highest BCUT2D eigenvalue weighted by atomic mass is 16.5. The van der Waals surface area contributed by atoms with Gasteiger partial charge in [-0.2, -0.15) is 0 Å². The van der Waals surface area contributed by atoms with Crippen molar-refractivity contribution in [2.75, 3.05) is 5.32 Å². The van der Waals surface area contributed by atoms with Crippen molar-refractivity contribution in [3.8, 4) is 11.1 Å². The fourth-order valence-corrected chi connectivity index (χ4v) is 3.55. The van der Waals surface area contributed by atoms with Gasteiger partial charge in [-0.05, 0) is 53.9 Å². The number of carboxylic acid groups (broad SMARTS) is 1. The van der Waals surface area contributed by atoms with Crippen LogP contribution in [0.4, 0.5) is 5.69 Å². The molecular formula is C28H24N2O4. The van der Waals surface area contributed by atoms with Gasteiger partial charge >= 0.3 is 5.97 Å². The first-order valence-electron chi connectivity index (χ1n) is 10.8. The van der Waals surface area contributed by atoms with Gasteiger partial charge < -0.3 is 15.2 Å². The molecule has 4 aromatic rings. The number of carbonyl (C=O) groups is 2. The molecule has 2 N–H and O–H groups in total. The fourth-order valence-electron chi connectivity index (χ4n) is 3.55. The number of ether oxygens (including phenoxy) is 1. The van der Waals surface area contributed by atoms with Gasteiger partial charge in [0, 0.05) is 23.0 Å². The Morgan fingerprint density at radius 1 is 0.853 bits per heavy atom. The van der Waals surface area contributed by atoms with Crippen LogP contribution in [0, 0.1) is 6.92 Å². The molecule has 3 aromatic carbocycles. The Hall–Kier alpha value is -4.29. The normalized spacial score (nSPS) is 10.6. The molecule has 0 unspecified atom stereocenters. The molecule has 4 rings (SSSR count). The number of nitrogens with zero attached hydrogens (tertiary/aromatic N) is 1. The van der Waals surface area contributed by atoms with Gasteiger partial charge in [0.15, 0.2) is 0 Å². The van der Waals surface area contributed by atoms with E-state index in [-0.39, 0.29) is 11.5 Å². The summed E-state index contributed by atoms with van der Waals surface area (Å²) in [5.41, 5.74) is 5.11. The summed E-state index contributed by atoms with van der Waals surface area (Å²) in [7, 11) is 0. The van der Waals surface area contributed by atoms with Crippen LogP contribution in [0.3, 0.4) is 0 Å². The summed E-state index contributed by atoms with van der Waals surface area (Å²) in [6.45, 7) is 2.60. The lowest BCUT2D eigenvalue weighted by molar-refractivity contribution is 0.0695. The lowest BCUT2D eigenvalue weighted by atomic mass is 10.0. The maximum atomic E-state index is 12.9. The first-order valence-corrected chi connectivity index (χ1v) is 10.8. The lowest BCUT2D eigenvalue weighted by Gasteiger charge is -2.10. The van der Waals surface area contributed by atoms with E-state index in [0.717, 1.165) is 11.1 Å². The van der Waals surface area contributed by atoms with Gasteiger partial charge in [-0.25, -0.2) is 4.79 Å². The van der Waals surface area contributed by atoms with Crippen molar-refractivity contribution >= 4 is 17.6 Å². The molecule has 1 amide bonds. The molecule has 1 aromatic heterocycles. The summed E-state index contributed by atoms with van der Waals surface area (Å²) < 4.78 is 5.79. The molecule has 170 valence electrons. The van der Waals surface area contributed by atoms with E-state index in [9.17, 15) is 14.7 Å². The molecule has 6 nitrogen and oxygen atoms in total. The number of aryl methyl sites for hydroxylation is 1. The highest BCUT2D eigenvalue weighted by molar-refractivity contribution is 6.05. The number of hydrogen-bond acceptors (Lipinski definition) is 4. The second kappa shape index (κ2) is 10.6. The van der Waals surface area contributed by atoms with Crippen LogP contribution < -0.4 is 5.32 Å². The highest BCUT2D eigenvalue weighted by Crippen LogP contribution is 2.23. The van der Waals surface area contributed by atoms with Crippen LogP contribution in [0.2, 0.25) is 0 Å². The van der Waals surface area contributed by atoms with Gasteiger partial charge in [-0.15, -0.1) is 0 Å². The number of amides is 1. The van der Waals surface area contributed by atoms with Crippen LogP contribution in [-0.4, -0.2) is 22.0 Å². The van der Waals surface area contributed by atoms with Gasteiger partial charge in [0.2, 0.25) is 0 Å². The van der Waals surface area contributed by atoms with E-state index in [1.165, 1.54) is 0 Å². The van der Waals surface area contributed by atoms with Crippen LogP contribution in [0.5, 0.6) is 0 Å². The maximum absolute atomic E-state index is 12.9. The number of aromatic nitrogens is 1. The molecule has 0 spiro atoms. The van der Waals surface area contributed by atoms with Gasteiger partial charge in [0.25, 0.3) is 5.91 Å². The van der Waals surface area contributed by atoms with Gasteiger partial charge in [-0.3, -0.25) is 9.78 Å². The van der Waals surface area contributed by atoms with Crippen molar-refractivity contribution in [2.24, 2.45) is 0 Å². The Balaban J connectivity index is 1.44. The van der Waals surface area contributed by atoms with Crippen LogP contribution in [0.25, 0.3) is 11.1 Å². The molecule has 0 saturated carbocycles. The summed E-state index contributed by atoms with van der Waals surface area (Å²) in [4.78, 5) is 28.5. The Morgan fingerprint density at radius 2 is 1.59 bits per heavy atom. The number of anilines is 1. The third-order valence-corrected chi connectivity index (χ3v) is 5.34. The summed E-state index contributed by atoms with van der Waals surface area (Å²) in [6.07, 6.45) is 1.61. The monoisotopic (exact) mass is 452 g/mol. The Kier molecular flexibility index (Phi) is 7.10. The van der Waals surface area contributed by atoms with Gasteiger partial charge in [-0.1, -0.05) is 54.6 Å². The van der Waals surface area contributed by atoms with Crippen LogP contribution in [0.15, 0.2) is 91.1 Å². The molecule has 6 heteroatoms. The van der Waals surface area contributed by atoms with Crippen molar-refractivity contribution in [3.05, 3.63) is 119 Å². The van der Waals surface area contributed by atoms with E-state index in [4.69, 9.17) is 4.74 Å². The van der Waals surface area contributed by atoms with Crippen LogP contribution in [0.1, 0.15) is 37.5 Å². The average molecular weight is 453 g/mol. The smallest absolute Gasteiger partial charge is 0.337 e. The van der Waals surface area contributed by atoms with E-state index in [1.807, 2.05) is 60.7 Å². The number of rotatable bonds is 8. The minimum atomic E-state index is -1.03. The number of carboxylic acids is 1. The quantitative estimate of drug-likeness (QED) is 0.357. The van der Waals surface area contributed by atoms with Crippen molar-refractivity contribution in [3.63, 3.8) is 0 Å². The van der Waals surface area contributed by atoms with E-state index < -0.39 is 5.97 Å². The highest BCUT2D eigenvalue weighted by Gasteiger charge is 2.12. The van der Waals surface area contributed by atoms with E-state index in [1.54, 1.807) is 37.4 Å². The molecule has 0 atom stereocenters. The first-order chi connectivity index (χ1) is 16.5. The van der Waals surface area contributed by atoms with E-state index in [2.05, 4.69) is 10.3 Å². The minimum Gasteiger partial charge on any atom is -0.478 e. The SMILES string of the molecule is Cc1ncc(-c2cccc(C(=O)Nc3cccc(COCc4ccccc4)c3)c2)cc1C(=O)O. The zero-order valence-corrected chi connectivity index (χ0v) is 18.7. The third kappa shape index (κ3) is 5.74. The predicted octanol–water partition coefficient (Wildman–Crippen LogP) is 5.72. The molecule has 0 saturated heterocycles. The number of aromatic carboxylic acids is 1. The van der Waals surface area contributed by atoms with Crippen molar-refractivity contribution in [1.82, 2.24) is 4.98 Å². The molecule has 0 aliphatic rings. The van der Waals surface area contributed by atoms with E-state index in [0.29, 0.717) is 41.3 Å². The van der Waals surface area contributed by atoms with Crippen molar-refractivity contribution in [1.29, 1.82) is 0 Å². The molecule has 0 bridgehead atoms. The first kappa shape index (κ1) is 22.9. The molecule has 0 fully saturated rings. The molecule has 34 heavy (non-hydrogen) atoms. The molecule has 1 heterocycles. The minimum absolute atomic E-state index is 0.138. The zero-order chi connectivity index (χ0) is 23.9.